The fourth-order valence-electron chi connectivity index (χ4n) is 1.08. The molecule has 15 heavy (non-hydrogen) atoms. The van der Waals surface area contributed by atoms with Gasteiger partial charge in [-0.05, 0) is 6.07 Å². The number of halogens is 1. The minimum absolute atomic E-state index is 0.559. The van der Waals surface area contributed by atoms with Gasteiger partial charge in [0.05, 0.1) is 28.0 Å². The molecule has 0 saturated heterocycles. The number of hydrogen-bond donors (Lipinski definition) is 1. The second-order valence-corrected chi connectivity index (χ2v) is 4.48. The summed E-state index contributed by atoms with van der Waals surface area (Å²) in [6.07, 6.45) is 5.25. The van der Waals surface area contributed by atoms with Gasteiger partial charge in [-0.25, -0.2) is 4.98 Å². The largest absolute Gasteiger partial charge is 0.397 e. The lowest BCUT2D eigenvalue weighted by molar-refractivity contribution is 0.766. The number of aromatic nitrogens is 3. The Morgan fingerprint density at radius 1 is 1.47 bits per heavy atom. The van der Waals surface area contributed by atoms with Crippen LogP contribution >= 0.6 is 23.4 Å². The van der Waals surface area contributed by atoms with Crippen LogP contribution in [-0.4, -0.2) is 14.8 Å². The summed E-state index contributed by atoms with van der Waals surface area (Å²) in [6.45, 7) is 0. The lowest BCUT2D eigenvalue weighted by Gasteiger charge is -2.01. The van der Waals surface area contributed by atoms with E-state index in [9.17, 15) is 0 Å². The minimum Gasteiger partial charge on any atom is -0.397 e. The highest BCUT2D eigenvalue weighted by Gasteiger charge is 2.06. The topological polar surface area (TPSA) is 56.7 Å². The van der Waals surface area contributed by atoms with Gasteiger partial charge >= 0.3 is 0 Å². The maximum absolute atomic E-state index is 6.00. The molecule has 2 aromatic heterocycles. The Balaban J connectivity index is 2.24. The highest BCUT2D eigenvalue weighted by atomic mass is 35.5. The van der Waals surface area contributed by atoms with E-state index in [0.29, 0.717) is 10.7 Å². The summed E-state index contributed by atoms with van der Waals surface area (Å²) in [5.41, 5.74) is 6.12. The highest BCUT2D eigenvalue weighted by molar-refractivity contribution is 7.99. The van der Waals surface area contributed by atoms with Crippen molar-refractivity contribution in [2.75, 3.05) is 5.73 Å². The van der Waals surface area contributed by atoms with Crippen molar-refractivity contribution in [1.82, 2.24) is 14.8 Å². The van der Waals surface area contributed by atoms with Gasteiger partial charge in [-0.2, -0.15) is 5.10 Å². The Morgan fingerprint density at radius 3 is 2.87 bits per heavy atom. The minimum atomic E-state index is 0.559. The molecule has 0 unspecified atom stereocenters. The third kappa shape index (κ3) is 2.43. The van der Waals surface area contributed by atoms with Gasteiger partial charge in [0.2, 0.25) is 0 Å². The van der Waals surface area contributed by atoms with Gasteiger partial charge in [-0.15, -0.1) is 0 Å². The second-order valence-electron chi connectivity index (χ2n) is 3.01. The lowest BCUT2D eigenvalue weighted by atomic mass is 10.4. The molecule has 0 aliphatic heterocycles. The summed E-state index contributed by atoms with van der Waals surface area (Å²) in [5.74, 6) is 0. The van der Waals surface area contributed by atoms with E-state index >= 15 is 0 Å². The molecule has 2 rings (SSSR count). The molecule has 0 saturated carbocycles. The third-order valence-corrected chi connectivity index (χ3v) is 3.09. The van der Waals surface area contributed by atoms with Crippen LogP contribution in [0.4, 0.5) is 5.69 Å². The summed E-state index contributed by atoms with van der Waals surface area (Å²) in [6, 6.07) is 1.69. The first kappa shape index (κ1) is 10.3. The standard InChI is InChI=1S/C9H9ClN4S/c1-14-5-7(4-13-14)15-9-8(10)2-6(11)3-12-9/h2-5H,11H2,1H3. The number of pyridine rings is 1. The number of nitrogen functional groups attached to an aromatic ring is 1. The highest BCUT2D eigenvalue weighted by Crippen LogP contribution is 2.31. The number of aryl methyl sites for hydroxylation is 1. The van der Waals surface area contributed by atoms with Crippen molar-refractivity contribution in [1.29, 1.82) is 0 Å². The van der Waals surface area contributed by atoms with Gasteiger partial charge in [0.15, 0.2) is 0 Å². The number of rotatable bonds is 2. The van der Waals surface area contributed by atoms with E-state index in [2.05, 4.69) is 10.1 Å². The molecule has 0 atom stereocenters. The molecule has 0 aliphatic carbocycles. The smallest absolute Gasteiger partial charge is 0.120 e. The molecular formula is C9H9ClN4S. The molecule has 0 bridgehead atoms. The van der Waals surface area contributed by atoms with Crippen LogP contribution < -0.4 is 5.73 Å². The fraction of sp³-hybridized carbons (Fsp3) is 0.111. The summed E-state index contributed by atoms with van der Waals surface area (Å²) in [5, 5.41) is 5.35. The SMILES string of the molecule is Cn1cc(Sc2ncc(N)cc2Cl)cn1. The molecule has 4 nitrogen and oxygen atoms in total. The number of nitrogens with two attached hydrogens (primary N) is 1. The van der Waals surface area contributed by atoms with Crippen LogP contribution in [0.5, 0.6) is 0 Å². The Labute approximate surface area is 96.4 Å². The average molecular weight is 241 g/mol. The normalized spacial score (nSPS) is 10.5. The first-order valence-electron chi connectivity index (χ1n) is 4.22. The molecule has 0 fully saturated rings. The molecular weight excluding hydrogens is 232 g/mol. The average Bonchev–Trinajstić information content (AvgIpc) is 2.56. The van der Waals surface area contributed by atoms with Crippen LogP contribution in [0.3, 0.4) is 0 Å². The summed E-state index contributed by atoms with van der Waals surface area (Å²) >= 11 is 7.46. The summed E-state index contributed by atoms with van der Waals surface area (Å²) < 4.78 is 1.73. The third-order valence-electron chi connectivity index (χ3n) is 1.72. The summed E-state index contributed by atoms with van der Waals surface area (Å²) in [7, 11) is 1.86. The first-order valence-corrected chi connectivity index (χ1v) is 5.42. The zero-order valence-electron chi connectivity index (χ0n) is 8.01. The van der Waals surface area contributed by atoms with Gasteiger partial charge in [-0.1, -0.05) is 23.4 Å². The Hall–Kier alpha value is -1.20. The molecule has 2 N–H and O–H groups in total. The van der Waals surface area contributed by atoms with Crippen LogP contribution in [0.25, 0.3) is 0 Å². The van der Waals surface area contributed by atoms with E-state index < -0.39 is 0 Å². The van der Waals surface area contributed by atoms with Crippen molar-refractivity contribution in [2.24, 2.45) is 7.05 Å². The van der Waals surface area contributed by atoms with E-state index in [1.807, 2.05) is 13.2 Å². The van der Waals surface area contributed by atoms with Crippen LogP contribution in [-0.2, 0) is 7.05 Å². The maximum atomic E-state index is 6.00. The van der Waals surface area contributed by atoms with Crippen LogP contribution in [0.1, 0.15) is 0 Å². The number of hydrogen-bond acceptors (Lipinski definition) is 4. The van der Waals surface area contributed by atoms with E-state index in [1.54, 1.807) is 23.1 Å². The molecule has 6 heteroatoms. The van der Waals surface area contributed by atoms with Crippen molar-refractivity contribution in [3.8, 4) is 0 Å². The summed E-state index contributed by atoms with van der Waals surface area (Å²) in [4.78, 5) is 5.15. The Kier molecular flexibility index (Phi) is 2.83. The molecule has 0 aliphatic rings. The van der Waals surface area contributed by atoms with Crippen molar-refractivity contribution in [3.05, 3.63) is 29.7 Å². The maximum Gasteiger partial charge on any atom is 0.120 e. The monoisotopic (exact) mass is 240 g/mol. The van der Waals surface area contributed by atoms with Gasteiger partial charge < -0.3 is 5.73 Å². The number of nitrogens with zero attached hydrogens (tertiary/aromatic N) is 3. The molecule has 78 valence electrons. The Morgan fingerprint density at radius 2 is 2.27 bits per heavy atom. The van der Waals surface area contributed by atoms with E-state index in [0.717, 1.165) is 9.92 Å². The zero-order chi connectivity index (χ0) is 10.8. The van der Waals surface area contributed by atoms with E-state index in [-0.39, 0.29) is 0 Å². The predicted octanol–water partition coefficient (Wildman–Crippen LogP) is 2.20. The Bertz CT molecular complexity index is 483. The molecule has 0 aromatic carbocycles. The quantitative estimate of drug-likeness (QED) is 0.875. The van der Waals surface area contributed by atoms with Gasteiger partial charge in [-0.3, -0.25) is 4.68 Å². The van der Waals surface area contributed by atoms with Crippen molar-refractivity contribution in [2.45, 2.75) is 9.92 Å². The van der Waals surface area contributed by atoms with Gasteiger partial charge in [0.1, 0.15) is 5.03 Å². The van der Waals surface area contributed by atoms with Gasteiger partial charge in [0, 0.05) is 13.2 Å². The van der Waals surface area contributed by atoms with Crippen molar-refractivity contribution >= 4 is 29.1 Å². The predicted molar refractivity (Wildman–Crippen MR) is 61.0 cm³/mol. The lowest BCUT2D eigenvalue weighted by Crippen LogP contribution is -1.88. The van der Waals surface area contributed by atoms with Gasteiger partial charge in [0.25, 0.3) is 0 Å². The second kappa shape index (κ2) is 4.12. The van der Waals surface area contributed by atoms with E-state index in [1.165, 1.54) is 11.8 Å². The molecule has 0 radical (unpaired) electrons. The van der Waals surface area contributed by atoms with Crippen LogP contribution in [0.15, 0.2) is 34.6 Å². The molecule has 2 heterocycles. The van der Waals surface area contributed by atoms with Crippen molar-refractivity contribution in [3.63, 3.8) is 0 Å². The molecule has 0 amide bonds. The van der Waals surface area contributed by atoms with Crippen LogP contribution in [0, 0.1) is 0 Å². The molecule has 0 spiro atoms. The first-order chi connectivity index (χ1) is 7.15. The van der Waals surface area contributed by atoms with Crippen LogP contribution in [0.2, 0.25) is 5.02 Å². The fourth-order valence-corrected chi connectivity index (χ4v) is 2.16. The van der Waals surface area contributed by atoms with Crippen molar-refractivity contribution < 1.29 is 0 Å². The zero-order valence-corrected chi connectivity index (χ0v) is 9.59. The van der Waals surface area contributed by atoms with E-state index in [4.69, 9.17) is 17.3 Å². The molecule has 2 aromatic rings. The number of anilines is 1.